The lowest BCUT2D eigenvalue weighted by Gasteiger charge is -2.20. The molecule has 0 aliphatic rings. The molecule has 7 aromatic rings. The standard InChI is InChI=1S/C40H38ClN7O5/c1-47(21-28-8-11-31(50-3)17-36(28)52-5)37-13-9-26-6-12-32(15-34(26)46-37)53-23-25-14-29(20-42-18-25)48-22-33(41)38-39(44-24-45-40(38)48)43-19-27-7-10-30(49-2)16-35(27)51-4/h6-18,20,22,24H,19,21,23H2,1-5H3,(H,43,44,45). The molecule has 3 aromatic carbocycles. The Morgan fingerprint density at radius 1 is 0.774 bits per heavy atom. The summed E-state index contributed by atoms with van der Waals surface area (Å²) < 4.78 is 30.0. The monoisotopic (exact) mass is 731 g/mol. The Labute approximate surface area is 311 Å². The number of aromatic nitrogens is 5. The Morgan fingerprint density at radius 2 is 1.49 bits per heavy atom. The second-order valence-electron chi connectivity index (χ2n) is 12.2. The van der Waals surface area contributed by atoms with Crippen LogP contribution in [0, 0.1) is 0 Å². The fourth-order valence-corrected chi connectivity index (χ4v) is 6.36. The summed E-state index contributed by atoms with van der Waals surface area (Å²) >= 11 is 6.79. The predicted octanol–water partition coefficient (Wildman–Crippen LogP) is 7.88. The molecule has 0 fully saturated rings. The Balaban J connectivity index is 1.06. The van der Waals surface area contributed by atoms with Gasteiger partial charge in [0.1, 0.15) is 53.3 Å². The van der Waals surface area contributed by atoms with E-state index in [0.717, 1.165) is 50.6 Å². The first kappa shape index (κ1) is 35.1. The second-order valence-corrected chi connectivity index (χ2v) is 12.6. The van der Waals surface area contributed by atoms with Gasteiger partial charge in [0.2, 0.25) is 0 Å². The lowest BCUT2D eigenvalue weighted by molar-refractivity contribution is 0.306. The van der Waals surface area contributed by atoms with E-state index in [1.165, 1.54) is 6.33 Å². The maximum absolute atomic E-state index is 6.79. The number of rotatable bonds is 14. The fourth-order valence-electron chi connectivity index (χ4n) is 6.08. The summed E-state index contributed by atoms with van der Waals surface area (Å²) in [5, 5.41) is 5.60. The van der Waals surface area contributed by atoms with Crippen molar-refractivity contribution < 1.29 is 23.7 Å². The quantitative estimate of drug-likeness (QED) is 0.118. The van der Waals surface area contributed by atoms with Crippen LogP contribution >= 0.6 is 11.6 Å². The van der Waals surface area contributed by atoms with Gasteiger partial charge in [-0.1, -0.05) is 11.6 Å². The van der Waals surface area contributed by atoms with Gasteiger partial charge in [-0.25, -0.2) is 15.0 Å². The normalized spacial score (nSPS) is 11.1. The van der Waals surface area contributed by atoms with E-state index in [0.29, 0.717) is 58.8 Å². The van der Waals surface area contributed by atoms with Gasteiger partial charge >= 0.3 is 0 Å². The van der Waals surface area contributed by atoms with Gasteiger partial charge < -0.3 is 33.9 Å². The first-order chi connectivity index (χ1) is 25.9. The van der Waals surface area contributed by atoms with Crippen molar-refractivity contribution in [1.82, 2.24) is 24.5 Å². The number of hydrogen-bond donors (Lipinski definition) is 1. The highest BCUT2D eigenvalue weighted by atomic mass is 35.5. The van der Waals surface area contributed by atoms with Crippen molar-refractivity contribution in [3.63, 3.8) is 0 Å². The number of anilines is 2. The molecule has 0 atom stereocenters. The molecule has 0 amide bonds. The van der Waals surface area contributed by atoms with E-state index in [2.05, 4.69) is 31.2 Å². The van der Waals surface area contributed by atoms with Crippen molar-refractivity contribution in [2.45, 2.75) is 19.7 Å². The Kier molecular flexibility index (Phi) is 10.3. The Hall–Kier alpha value is -6.27. The minimum atomic E-state index is 0.293. The molecule has 7 rings (SSSR count). The zero-order valence-corrected chi connectivity index (χ0v) is 30.7. The third kappa shape index (κ3) is 7.54. The van der Waals surface area contributed by atoms with Gasteiger partial charge in [-0.05, 0) is 54.6 Å². The van der Waals surface area contributed by atoms with Crippen molar-refractivity contribution in [3.05, 3.63) is 119 Å². The molecule has 270 valence electrons. The number of ether oxygens (including phenoxy) is 5. The SMILES string of the molecule is COc1ccc(CNc2ncnc3c2c(Cl)cn3-c2cncc(COc3ccc4ccc(N(C)Cc5ccc(OC)cc5OC)nc4c3)c2)c(OC)c1. The number of hydrogen-bond acceptors (Lipinski definition) is 11. The van der Waals surface area contributed by atoms with Gasteiger partial charge in [0.15, 0.2) is 5.65 Å². The first-order valence-corrected chi connectivity index (χ1v) is 17.1. The molecule has 4 heterocycles. The van der Waals surface area contributed by atoms with Crippen molar-refractivity contribution >= 4 is 45.2 Å². The van der Waals surface area contributed by atoms with Crippen LogP contribution < -0.4 is 33.9 Å². The summed E-state index contributed by atoms with van der Waals surface area (Å²) in [6.07, 6.45) is 6.86. The zero-order valence-electron chi connectivity index (χ0n) is 30.0. The van der Waals surface area contributed by atoms with Gasteiger partial charge in [0.25, 0.3) is 0 Å². The highest BCUT2D eigenvalue weighted by Crippen LogP contribution is 2.33. The minimum absolute atomic E-state index is 0.293. The van der Waals surface area contributed by atoms with Gasteiger partial charge in [0, 0.05) is 72.8 Å². The number of benzene rings is 3. The van der Waals surface area contributed by atoms with Crippen LogP contribution in [-0.2, 0) is 19.7 Å². The maximum atomic E-state index is 6.79. The van der Waals surface area contributed by atoms with E-state index in [4.69, 9.17) is 40.3 Å². The van der Waals surface area contributed by atoms with E-state index in [9.17, 15) is 0 Å². The second kappa shape index (κ2) is 15.5. The third-order valence-corrected chi connectivity index (χ3v) is 9.17. The number of methoxy groups -OCH3 is 4. The van der Waals surface area contributed by atoms with Gasteiger partial charge in [-0.2, -0.15) is 0 Å². The average Bonchev–Trinajstić information content (AvgIpc) is 3.55. The number of nitrogens with zero attached hydrogens (tertiary/aromatic N) is 6. The van der Waals surface area contributed by atoms with E-state index in [-0.39, 0.29) is 0 Å². The van der Waals surface area contributed by atoms with Crippen LogP contribution in [-0.4, -0.2) is 60.0 Å². The van der Waals surface area contributed by atoms with Crippen molar-refractivity contribution in [1.29, 1.82) is 0 Å². The summed E-state index contributed by atoms with van der Waals surface area (Å²) in [7, 11) is 8.55. The van der Waals surface area contributed by atoms with Crippen LogP contribution in [0.25, 0.3) is 27.6 Å². The van der Waals surface area contributed by atoms with Crippen LogP contribution in [0.3, 0.4) is 0 Å². The molecule has 0 radical (unpaired) electrons. The fraction of sp³-hybridized carbons (Fsp3) is 0.200. The molecule has 0 bridgehead atoms. The number of fused-ring (bicyclic) bond motifs is 2. The smallest absolute Gasteiger partial charge is 0.151 e. The van der Waals surface area contributed by atoms with Crippen molar-refractivity contribution in [2.24, 2.45) is 0 Å². The molecule has 0 unspecified atom stereocenters. The zero-order chi connectivity index (χ0) is 36.9. The summed E-state index contributed by atoms with van der Waals surface area (Å²) in [5.41, 5.74) is 5.08. The minimum Gasteiger partial charge on any atom is -0.497 e. The average molecular weight is 732 g/mol. The van der Waals surface area contributed by atoms with Crippen LogP contribution in [0.1, 0.15) is 16.7 Å². The van der Waals surface area contributed by atoms with Crippen molar-refractivity contribution in [3.8, 4) is 34.4 Å². The van der Waals surface area contributed by atoms with Crippen LogP contribution in [0.15, 0.2) is 97.7 Å². The van der Waals surface area contributed by atoms with Gasteiger partial charge in [0.05, 0.1) is 56.2 Å². The summed E-state index contributed by atoms with van der Waals surface area (Å²) in [6, 6.07) is 23.5. The topological polar surface area (TPSA) is 118 Å². The van der Waals surface area contributed by atoms with Gasteiger partial charge in [-0.3, -0.25) is 9.55 Å². The summed E-state index contributed by atoms with van der Waals surface area (Å²) in [6.45, 7) is 1.36. The molecule has 0 spiro atoms. The van der Waals surface area contributed by atoms with Gasteiger partial charge in [-0.15, -0.1) is 0 Å². The molecule has 0 aliphatic carbocycles. The lowest BCUT2D eigenvalue weighted by Crippen LogP contribution is -2.18. The van der Waals surface area contributed by atoms with Crippen molar-refractivity contribution in [2.75, 3.05) is 45.7 Å². The highest BCUT2D eigenvalue weighted by molar-refractivity contribution is 6.36. The van der Waals surface area contributed by atoms with E-state index >= 15 is 0 Å². The van der Waals surface area contributed by atoms with E-state index in [1.54, 1.807) is 40.8 Å². The number of halogens is 1. The van der Waals surface area contributed by atoms with Crippen LogP contribution in [0.2, 0.25) is 5.02 Å². The summed E-state index contributed by atoms with van der Waals surface area (Å²) in [5.74, 6) is 5.04. The molecule has 0 aliphatic heterocycles. The molecule has 13 heteroatoms. The molecular formula is C40H38ClN7O5. The number of nitrogens with one attached hydrogen (secondary N) is 1. The lowest BCUT2D eigenvalue weighted by atomic mass is 10.1. The summed E-state index contributed by atoms with van der Waals surface area (Å²) in [4.78, 5) is 20.6. The molecule has 0 saturated heterocycles. The van der Waals surface area contributed by atoms with Crippen LogP contribution in [0.5, 0.6) is 28.7 Å². The number of pyridine rings is 2. The molecule has 4 aromatic heterocycles. The van der Waals surface area contributed by atoms with Crippen LogP contribution in [0.4, 0.5) is 11.6 Å². The van der Waals surface area contributed by atoms with E-state index in [1.807, 2.05) is 84.5 Å². The highest BCUT2D eigenvalue weighted by Gasteiger charge is 2.17. The third-order valence-electron chi connectivity index (χ3n) is 8.88. The Morgan fingerprint density at radius 3 is 2.25 bits per heavy atom. The molecule has 0 saturated carbocycles. The maximum Gasteiger partial charge on any atom is 0.151 e. The molecular weight excluding hydrogens is 694 g/mol. The largest absolute Gasteiger partial charge is 0.497 e. The van der Waals surface area contributed by atoms with E-state index < -0.39 is 0 Å². The predicted molar refractivity (Wildman–Crippen MR) is 206 cm³/mol. The molecule has 1 N–H and O–H groups in total. The first-order valence-electron chi connectivity index (χ1n) is 16.7. The molecule has 12 nitrogen and oxygen atoms in total. The molecule has 53 heavy (non-hydrogen) atoms. The Bertz CT molecular complexity index is 2400.